The van der Waals surface area contributed by atoms with E-state index in [9.17, 15) is 9.59 Å². The maximum atomic E-state index is 13.6. The fourth-order valence-electron chi connectivity index (χ4n) is 5.47. The van der Waals surface area contributed by atoms with Crippen LogP contribution in [0.1, 0.15) is 63.0 Å². The molecule has 2 heterocycles. The molecule has 6 heteroatoms. The van der Waals surface area contributed by atoms with Gasteiger partial charge in [-0.25, -0.2) is 4.99 Å². The highest BCUT2D eigenvalue weighted by molar-refractivity contribution is 6.07. The highest BCUT2D eigenvalue weighted by Crippen LogP contribution is 2.39. The predicted octanol–water partition coefficient (Wildman–Crippen LogP) is 4.25. The number of piperidine rings is 1. The van der Waals surface area contributed by atoms with Gasteiger partial charge in [-0.1, -0.05) is 48.9 Å². The molecule has 0 radical (unpaired) electrons. The number of amides is 2. The van der Waals surface area contributed by atoms with Gasteiger partial charge in [0.05, 0.1) is 0 Å². The summed E-state index contributed by atoms with van der Waals surface area (Å²) >= 11 is 0. The van der Waals surface area contributed by atoms with E-state index in [1.807, 2.05) is 24.0 Å². The standard InChI is InChI=1S/C28H34N4O2/c1-19(33)31-14-12-20(13-15-31)18-32-26(34)28(2,30-27(32)29)25-11-5-10-24(17-25)23-9-4-8-22(16-23)21-6-3-7-21/h4-5,8-11,16-17,20-21H,3,6-7,12-15,18H2,1-2H3,(H2,29,30). The van der Waals surface area contributed by atoms with Crippen molar-refractivity contribution in [3.63, 3.8) is 0 Å². The zero-order chi connectivity index (χ0) is 23.9. The third kappa shape index (κ3) is 4.10. The number of carbonyl (C=O) groups is 2. The SMILES string of the molecule is CC(=O)N1CCC(CN2C(=O)C(C)(c3cccc(-c4cccc(C5CCC5)c4)c3)N=C2N)CC1. The first-order chi connectivity index (χ1) is 16.3. The van der Waals surface area contributed by atoms with Crippen molar-refractivity contribution >= 4 is 17.8 Å². The average Bonchev–Trinajstić information content (AvgIpc) is 3.02. The van der Waals surface area contributed by atoms with Crippen LogP contribution in [0.15, 0.2) is 53.5 Å². The Labute approximate surface area is 201 Å². The van der Waals surface area contributed by atoms with Crippen molar-refractivity contribution in [2.24, 2.45) is 16.6 Å². The molecule has 2 fully saturated rings. The highest BCUT2D eigenvalue weighted by Gasteiger charge is 2.46. The molecule has 2 aromatic rings. The van der Waals surface area contributed by atoms with E-state index in [-0.39, 0.29) is 11.8 Å². The summed E-state index contributed by atoms with van der Waals surface area (Å²) in [6.07, 6.45) is 5.61. The molecule has 178 valence electrons. The lowest BCUT2D eigenvalue weighted by molar-refractivity contribution is -0.133. The van der Waals surface area contributed by atoms with Crippen LogP contribution >= 0.6 is 0 Å². The van der Waals surface area contributed by atoms with Crippen molar-refractivity contribution in [2.75, 3.05) is 19.6 Å². The van der Waals surface area contributed by atoms with E-state index in [1.165, 1.54) is 30.4 Å². The monoisotopic (exact) mass is 458 g/mol. The summed E-state index contributed by atoms with van der Waals surface area (Å²) in [7, 11) is 0. The Morgan fingerprint density at radius 3 is 2.38 bits per heavy atom. The largest absolute Gasteiger partial charge is 0.369 e. The number of likely N-dealkylation sites (tertiary alicyclic amines) is 1. The third-order valence-corrected chi connectivity index (χ3v) is 8.00. The van der Waals surface area contributed by atoms with E-state index in [0.29, 0.717) is 24.3 Å². The van der Waals surface area contributed by atoms with E-state index in [2.05, 4.69) is 41.4 Å². The molecule has 1 aliphatic carbocycles. The quantitative estimate of drug-likeness (QED) is 0.727. The maximum Gasteiger partial charge on any atom is 0.261 e. The maximum absolute atomic E-state index is 13.6. The lowest BCUT2D eigenvalue weighted by Crippen LogP contribution is -2.46. The number of carbonyl (C=O) groups excluding carboxylic acids is 2. The van der Waals surface area contributed by atoms with Crippen LogP contribution in [-0.4, -0.2) is 47.2 Å². The molecule has 0 spiro atoms. The van der Waals surface area contributed by atoms with Gasteiger partial charge in [-0.2, -0.15) is 0 Å². The van der Waals surface area contributed by atoms with Gasteiger partial charge in [-0.3, -0.25) is 14.5 Å². The number of guanidine groups is 1. The van der Waals surface area contributed by atoms with Gasteiger partial charge >= 0.3 is 0 Å². The minimum Gasteiger partial charge on any atom is -0.369 e. The van der Waals surface area contributed by atoms with Crippen LogP contribution in [0.4, 0.5) is 0 Å². The molecule has 34 heavy (non-hydrogen) atoms. The van der Waals surface area contributed by atoms with E-state index in [4.69, 9.17) is 5.73 Å². The zero-order valence-corrected chi connectivity index (χ0v) is 20.2. The molecule has 6 nitrogen and oxygen atoms in total. The average molecular weight is 459 g/mol. The van der Waals surface area contributed by atoms with Crippen LogP contribution in [0.3, 0.4) is 0 Å². The first kappa shape index (κ1) is 22.6. The van der Waals surface area contributed by atoms with Gasteiger partial charge < -0.3 is 10.6 Å². The molecule has 1 unspecified atom stereocenters. The number of hydrogen-bond acceptors (Lipinski definition) is 4. The van der Waals surface area contributed by atoms with Crippen molar-refractivity contribution in [2.45, 2.75) is 57.4 Å². The van der Waals surface area contributed by atoms with Crippen LogP contribution in [0.2, 0.25) is 0 Å². The van der Waals surface area contributed by atoms with Crippen molar-refractivity contribution in [3.8, 4) is 11.1 Å². The summed E-state index contributed by atoms with van der Waals surface area (Å²) in [5.41, 5.74) is 9.80. The van der Waals surface area contributed by atoms with Crippen LogP contribution in [0.5, 0.6) is 0 Å². The van der Waals surface area contributed by atoms with Crippen LogP contribution in [0, 0.1) is 5.92 Å². The van der Waals surface area contributed by atoms with Crippen molar-refractivity contribution in [1.82, 2.24) is 9.80 Å². The minimum absolute atomic E-state index is 0.0700. The summed E-state index contributed by atoms with van der Waals surface area (Å²) in [6.45, 7) is 5.50. The second kappa shape index (κ2) is 8.90. The van der Waals surface area contributed by atoms with Gasteiger partial charge in [-0.15, -0.1) is 0 Å². The second-order valence-corrected chi connectivity index (χ2v) is 10.2. The predicted molar refractivity (Wildman–Crippen MR) is 134 cm³/mol. The summed E-state index contributed by atoms with van der Waals surface area (Å²) in [6, 6.07) is 16.9. The fourth-order valence-corrected chi connectivity index (χ4v) is 5.47. The number of rotatable bonds is 5. The van der Waals surface area contributed by atoms with Gasteiger partial charge in [0.2, 0.25) is 5.91 Å². The Morgan fingerprint density at radius 1 is 1.06 bits per heavy atom. The molecular formula is C28H34N4O2. The van der Waals surface area contributed by atoms with Crippen molar-refractivity contribution in [1.29, 1.82) is 0 Å². The molecule has 1 atom stereocenters. The van der Waals surface area contributed by atoms with Gasteiger partial charge in [0.15, 0.2) is 11.5 Å². The highest BCUT2D eigenvalue weighted by atomic mass is 16.2. The Bertz CT molecular complexity index is 1130. The van der Waals surface area contributed by atoms with Crippen molar-refractivity contribution < 1.29 is 9.59 Å². The number of nitrogens with two attached hydrogens (primary N) is 1. The first-order valence-corrected chi connectivity index (χ1v) is 12.5. The number of nitrogens with zero attached hydrogens (tertiary/aromatic N) is 3. The Kier molecular flexibility index (Phi) is 5.92. The van der Waals surface area contributed by atoms with Gasteiger partial charge in [-0.05, 0) is 72.8 Å². The third-order valence-electron chi connectivity index (χ3n) is 8.00. The Balaban J connectivity index is 1.34. The Hall–Kier alpha value is -3.15. The molecule has 1 saturated carbocycles. The second-order valence-electron chi connectivity index (χ2n) is 10.2. The Morgan fingerprint density at radius 2 is 1.74 bits per heavy atom. The first-order valence-electron chi connectivity index (χ1n) is 12.5. The molecule has 5 rings (SSSR count). The van der Waals surface area contributed by atoms with E-state index in [1.54, 1.807) is 11.8 Å². The topological polar surface area (TPSA) is 79.0 Å². The zero-order valence-electron chi connectivity index (χ0n) is 20.2. The summed E-state index contributed by atoms with van der Waals surface area (Å²) in [5, 5.41) is 0. The van der Waals surface area contributed by atoms with E-state index >= 15 is 0 Å². The summed E-state index contributed by atoms with van der Waals surface area (Å²) in [4.78, 5) is 33.4. The summed E-state index contributed by atoms with van der Waals surface area (Å²) in [5.74, 6) is 1.33. The normalized spacial score (nSPS) is 23.7. The van der Waals surface area contributed by atoms with Crippen LogP contribution in [0.25, 0.3) is 11.1 Å². The van der Waals surface area contributed by atoms with Crippen LogP contribution < -0.4 is 5.73 Å². The lowest BCUT2D eigenvalue weighted by atomic mass is 9.79. The molecule has 2 aromatic carbocycles. The lowest BCUT2D eigenvalue weighted by Gasteiger charge is -2.33. The minimum atomic E-state index is -1.02. The summed E-state index contributed by atoms with van der Waals surface area (Å²) < 4.78 is 0. The number of benzene rings is 2. The molecule has 2 amide bonds. The van der Waals surface area contributed by atoms with E-state index < -0.39 is 5.54 Å². The molecule has 0 bridgehead atoms. The number of aliphatic imine (C=N–C) groups is 1. The molecule has 1 saturated heterocycles. The van der Waals surface area contributed by atoms with E-state index in [0.717, 1.165) is 37.1 Å². The fraction of sp³-hybridized carbons (Fsp3) is 0.464. The van der Waals surface area contributed by atoms with Gasteiger partial charge in [0, 0.05) is 26.6 Å². The molecule has 3 aliphatic rings. The van der Waals surface area contributed by atoms with Crippen molar-refractivity contribution in [3.05, 3.63) is 59.7 Å². The smallest absolute Gasteiger partial charge is 0.261 e. The molecule has 2 N–H and O–H groups in total. The molecule has 2 aliphatic heterocycles. The number of hydrogen-bond donors (Lipinski definition) is 1. The van der Waals surface area contributed by atoms with Gasteiger partial charge in [0.1, 0.15) is 0 Å². The van der Waals surface area contributed by atoms with Gasteiger partial charge in [0.25, 0.3) is 5.91 Å². The van der Waals surface area contributed by atoms with Crippen LogP contribution in [-0.2, 0) is 15.1 Å². The molecular weight excluding hydrogens is 424 g/mol. The molecule has 0 aromatic heterocycles.